The number of aliphatic hydroxyl groups is 1. The summed E-state index contributed by atoms with van der Waals surface area (Å²) in [5.41, 5.74) is -0.890. The van der Waals surface area contributed by atoms with Crippen molar-refractivity contribution in [3.05, 3.63) is 22.4 Å². The van der Waals surface area contributed by atoms with Crippen LogP contribution in [0.4, 0.5) is 4.79 Å². The molecule has 1 saturated heterocycles. The van der Waals surface area contributed by atoms with Gasteiger partial charge in [0.15, 0.2) is 6.04 Å². The molecule has 104 valence electrons. The van der Waals surface area contributed by atoms with Gasteiger partial charge < -0.3 is 20.4 Å². The van der Waals surface area contributed by atoms with Crippen LogP contribution in [0.2, 0.25) is 0 Å². The number of nitrogens with one attached hydrogen (secondary N) is 1. The Labute approximate surface area is 114 Å². The number of carboxylic acid groups (broad SMARTS) is 1. The number of hydrogen-bond donors (Lipinski definition) is 3. The normalized spacial score (nSPS) is 24.2. The minimum Gasteiger partial charge on any atom is -0.479 e. The van der Waals surface area contributed by atoms with Gasteiger partial charge in [0.05, 0.1) is 12.1 Å². The second-order valence-corrected chi connectivity index (χ2v) is 5.88. The number of nitrogens with zero attached hydrogens (tertiary/aromatic N) is 1. The Morgan fingerprint density at radius 1 is 1.58 bits per heavy atom. The number of β-amino-alcohol motifs (C(OH)–C–C–N with tert-alkyl or cyclic N) is 1. The molecule has 0 spiro atoms. The summed E-state index contributed by atoms with van der Waals surface area (Å²) in [6.45, 7) is 2.31. The van der Waals surface area contributed by atoms with Crippen LogP contribution in [0.1, 0.15) is 24.3 Å². The van der Waals surface area contributed by atoms with Gasteiger partial charge in [0.25, 0.3) is 0 Å². The van der Waals surface area contributed by atoms with Crippen LogP contribution in [-0.4, -0.2) is 45.8 Å². The summed E-state index contributed by atoms with van der Waals surface area (Å²) in [4.78, 5) is 25.2. The lowest BCUT2D eigenvalue weighted by atomic mass is 10.1. The van der Waals surface area contributed by atoms with Gasteiger partial charge in [0.1, 0.15) is 0 Å². The number of aliphatic carboxylic acids is 1. The summed E-state index contributed by atoms with van der Waals surface area (Å²) >= 11 is 1.28. The highest BCUT2D eigenvalue weighted by atomic mass is 32.1. The Morgan fingerprint density at radius 3 is 2.79 bits per heavy atom. The van der Waals surface area contributed by atoms with Gasteiger partial charge in [0.2, 0.25) is 0 Å². The third-order valence-electron chi connectivity index (χ3n) is 3.08. The zero-order valence-corrected chi connectivity index (χ0v) is 11.3. The number of likely N-dealkylation sites (tertiary alicyclic amines) is 1. The molecule has 1 aromatic heterocycles. The van der Waals surface area contributed by atoms with Crippen LogP contribution in [-0.2, 0) is 4.79 Å². The molecule has 1 aliphatic rings. The molecule has 0 saturated carbocycles. The molecule has 0 aliphatic carbocycles. The fourth-order valence-corrected chi connectivity index (χ4v) is 2.81. The van der Waals surface area contributed by atoms with E-state index in [0.717, 1.165) is 0 Å². The highest BCUT2D eigenvalue weighted by molar-refractivity contribution is 7.10. The number of hydrogen-bond acceptors (Lipinski definition) is 4. The van der Waals surface area contributed by atoms with Crippen molar-refractivity contribution in [1.29, 1.82) is 0 Å². The molecular weight excluding hydrogens is 268 g/mol. The highest BCUT2D eigenvalue weighted by Crippen LogP contribution is 2.23. The quantitative estimate of drug-likeness (QED) is 0.773. The van der Waals surface area contributed by atoms with E-state index in [2.05, 4.69) is 5.32 Å². The smallest absolute Gasteiger partial charge is 0.331 e. The lowest BCUT2D eigenvalue weighted by Gasteiger charge is -2.21. The molecule has 6 nitrogen and oxygen atoms in total. The van der Waals surface area contributed by atoms with Gasteiger partial charge in [-0.25, -0.2) is 9.59 Å². The summed E-state index contributed by atoms with van der Waals surface area (Å²) in [7, 11) is 0. The fourth-order valence-electron chi connectivity index (χ4n) is 2.04. The zero-order valence-electron chi connectivity index (χ0n) is 10.5. The second-order valence-electron chi connectivity index (χ2n) is 4.90. The molecule has 2 atom stereocenters. The molecular formula is C12H16N2O4S. The number of amides is 2. The molecule has 1 fully saturated rings. The monoisotopic (exact) mass is 284 g/mol. The molecule has 1 aromatic rings. The van der Waals surface area contributed by atoms with Crippen LogP contribution < -0.4 is 5.32 Å². The largest absolute Gasteiger partial charge is 0.479 e. The first-order valence-corrected chi connectivity index (χ1v) is 6.81. The van der Waals surface area contributed by atoms with Gasteiger partial charge in [-0.15, -0.1) is 11.3 Å². The van der Waals surface area contributed by atoms with E-state index in [-0.39, 0.29) is 6.54 Å². The Balaban J connectivity index is 2.03. The van der Waals surface area contributed by atoms with Crippen molar-refractivity contribution in [1.82, 2.24) is 10.2 Å². The molecule has 0 bridgehead atoms. The van der Waals surface area contributed by atoms with Crippen molar-refractivity contribution in [3.63, 3.8) is 0 Å². The second kappa shape index (κ2) is 5.18. The standard InChI is InChI=1S/C12H16N2O4S/c1-12(18)4-5-14(7-12)11(17)13-9(10(15)16)8-3-2-6-19-8/h2-3,6,9,18H,4-5,7H2,1H3,(H,13,17)(H,15,16). The van der Waals surface area contributed by atoms with Crippen molar-refractivity contribution in [2.75, 3.05) is 13.1 Å². The number of rotatable bonds is 3. The Morgan fingerprint density at radius 2 is 2.32 bits per heavy atom. The Kier molecular flexibility index (Phi) is 3.77. The first kappa shape index (κ1) is 13.8. The Bertz CT molecular complexity index is 472. The number of thiophene rings is 1. The first-order valence-electron chi connectivity index (χ1n) is 5.93. The van der Waals surface area contributed by atoms with E-state index in [4.69, 9.17) is 5.11 Å². The molecule has 2 amide bonds. The van der Waals surface area contributed by atoms with Gasteiger partial charge in [-0.05, 0) is 24.8 Å². The molecule has 7 heteroatoms. The molecule has 1 aliphatic heterocycles. The molecule has 3 N–H and O–H groups in total. The minimum atomic E-state index is -1.10. The summed E-state index contributed by atoms with van der Waals surface area (Å²) < 4.78 is 0. The average Bonchev–Trinajstić information content (AvgIpc) is 2.94. The maximum atomic E-state index is 12.0. The van der Waals surface area contributed by atoms with Gasteiger partial charge in [-0.2, -0.15) is 0 Å². The number of carboxylic acids is 1. The molecule has 2 rings (SSSR count). The molecule has 0 aromatic carbocycles. The first-order chi connectivity index (χ1) is 8.89. The fraction of sp³-hybridized carbons (Fsp3) is 0.500. The predicted octanol–water partition coefficient (Wildman–Crippen LogP) is 1.04. The van der Waals surface area contributed by atoms with Crippen LogP contribution in [0.3, 0.4) is 0 Å². The van der Waals surface area contributed by atoms with E-state index in [1.165, 1.54) is 16.2 Å². The molecule has 19 heavy (non-hydrogen) atoms. The van der Waals surface area contributed by atoms with Crippen LogP contribution in [0, 0.1) is 0 Å². The third kappa shape index (κ3) is 3.24. The van der Waals surface area contributed by atoms with Crippen molar-refractivity contribution in [3.8, 4) is 0 Å². The average molecular weight is 284 g/mol. The summed E-state index contributed by atoms with van der Waals surface area (Å²) in [6.07, 6.45) is 0.497. The zero-order chi connectivity index (χ0) is 14.0. The lowest BCUT2D eigenvalue weighted by Crippen LogP contribution is -2.44. The van der Waals surface area contributed by atoms with Crippen LogP contribution in [0.15, 0.2) is 17.5 Å². The maximum absolute atomic E-state index is 12.0. The van der Waals surface area contributed by atoms with Crippen molar-refractivity contribution in [2.24, 2.45) is 0 Å². The maximum Gasteiger partial charge on any atom is 0.331 e. The number of carbonyl (C=O) groups excluding carboxylic acids is 1. The third-order valence-corrected chi connectivity index (χ3v) is 4.02. The van der Waals surface area contributed by atoms with Crippen molar-refractivity contribution < 1.29 is 19.8 Å². The van der Waals surface area contributed by atoms with Crippen LogP contribution in [0.25, 0.3) is 0 Å². The number of urea groups is 1. The van der Waals surface area contributed by atoms with E-state index in [0.29, 0.717) is 17.8 Å². The van der Waals surface area contributed by atoms with E-state index < -0.39 is 23.6 Å². The molecule has 2 unspecified atom stereocenters. The summed E-state index contributed by atoms with van der Waals surface area (Å²) in [5.74, 6) is -1.10. The van der Waals surface area contributed by atoms with Gasteiger partial charge >= 0.3 is 12.0 Å². The van der Waals surface area contributed by atoms with Crippen molar-refractivity contribution in [2.45, 2.75) is 25.0 Å². The predicted molar refractivity (Wildman–Crippen MR) is 70.0 cm³/mol. The van der Waals surface area contributed by atoms with Crippen LogP contribution in [0.5, 0.6) is 0 Å². The Hall–Kier alpha value is -1.60. The highest BCUT2D eigenvalue weighted by Gasteiger charge is 2.35. The van der Waals surface area contributed by atoms with Gasteiger partial charge in [-0.1, -0.05) is 6.07 Å². The summed E-state index contributed by atoms with van der Waals surface area (Å²) in [5, 5.41) is 23.2. The topological polar surface area (TPSA) is 89.9 Å². The van der Waals surface area contributed by atoms with E-state index in [1.807, 2.05) is 0 Å². The van der Waals surface area contributed by atoms with E-state index >= 15 is 0 Å². The molecule has 2 heterocycles. The van der Waals surface area contributed by atoms with E-state index in [9.17, 15) is 14.7 Å². The van der Waals surface area contributed by atoms with Crippen LogP contribution >= 0.6 is 11.3 Å². The minimum absolute atomic E-state index is 0.218. The number of carbonyl (C=O) groups is 2. The van der Waals surface area contributed by atoms with Crippen molar-refractivity contribution >= 4 is 23.3 Å². The van der Waals surface area contributed by atoms with Gasteiger partial charge in [0, 0.05) is 11.4 Å². The lowest BCUT2D eigenvalue weighted by molar-refractivity contribution is -0.139. The van der Waals surface area contributed by atoms with E-state index in [1.54, 1.807) is 24.4 Å². The summed E-state index contributed by atoms with van der Waals surface area (Å²) in [6, 6.07) is 1.91. The molecule has 0 radical (unpaired) electrons. The van der Waals surface area contributed by atoms with Gasteiger partial charge in [-0.3, -0.25) is 0 Å². The SMILES string of the molecule is CC1(O)CCN(C(=O)NC(C(=O)O)c2cccs2)C1.